The number of primary amides is 1. The minimum Gasteiger partial charge on any atom is -0.369 e. The summed E-state index contributed by atoms with van der Waals surface area (Å²) in [7, 11) is 0. The van der Waals surface area contributed by atoms with Crippen molar-refractivity contribution in [2.45, 2.75) is 6.04 Å². The van der Waals surface area contributed by atoms with E-state index in [-0.39, 0.29) is 11.9 Å². The second-order valence-electron chi connectivity index (χ2n) is 3.78. The first-order valence-corrected chi connectivity index (χ1v) is 4.90. The fourth-order valence-corrected chi connectivity index (χ4v) is 2.17. The molecular formula is C11H11N3O. The van der Waals surface area contributed by atoms with Crippen LogP contribution in [0, 0.1) is 0 Å². The van der Waals surface area contributed by atoms with E-state index in [0.29, 0.717) is 5.57 Å². The summed E-state index contributed by atoms with van der Waals surface area (Å²) >= 11 is 0. The molecule has 76 valence electrons. The first-order chi connectivity index (χ1) is 7.25. The number of carbonyl (C=O) groups is 1. The molecule has 0 aromatic carbocycles. The van der Waals surface area contributed by atoms with Crippen molar-refractivity contribution in [1.29, 1.82) is 0 Å². The summed E-state index contributed by atoms with van der Waals surface area (Å²) in [6, 6.07) is 0.212. The van der Waals surface area contributed by atoms with Crippen molar-refractivity contribution < 1.29 is 4.79 Å². The number of nitrogens with zero attached hydrogens (tertiary/aromatic N) is 1. The number of nitrogens with two attached hydrogens (primary N) is 1. The number of nitrogens with one attached hydrogen (secondary N) is 1. The second kappa shape index (κ2) is 2.76. The third kappa shape index (κ3) is 1.11. The summed E-state index contributed by atoms with van der Waals surface area (Å²) < 4.78 is 0. The van der Waals surface area contributed by atoms with Gasteiger partial charge >= 0.3 is 0 Å². The van der Waals surface area contributed by atoms with Gasteiger partial charge in [0.2, 0.25) is 5.91 Å². The van der Waals surface area contributed by atoms with Gasteiger partial charge in [-0.25, -0.2) is 0 Å². The normalized spacial score (nSPS) is 26.3. The zero-order valence-electron chi connectivity index (χ0n) is 8.10. The van der Waals surface area contributed by atoms with E-state index in [1.165, 1.54) is 0 Å². The van der Waals surface area contributed by atoms with Crippen LogP contribution in [0.25, 0.3) is 0 Å². The Kier molecular flexibility index (Phi) is 1.54. The smallest absolute Gasteiger partial charge is 0.248 e. The molecule has 15 heavy (non-hydrogen) atoms. The molecule has 0 spiro atoms. The summed E-state index contributed by atoms with van der Waals surface area (Å²) in [5, 5.41) is 3.29. The SMILES string of the molecule is NC(=O)C1=CC2CNC3=CC=CC(=C1)N32. The fraction of sp³-hybridized carbons (Fsp3) is 0.182. The van der Waals surface area contributed by atoms with Crippen LogP contribution in [0.5, 0.6) is 0 Å². The molecule has 0 radical (unpaired) electrons. The van der Waals surface area contributed by atoms with Gasteiger partial charge in [-0.1, -0.05) is 6.08 Å². The van der Waals surface area contributed by atoms with Crippen LogP contribution in [0.4, 0.5) is 0 Å². The lowest BCUT2D eigenvalue weighted by molar-refractivity contribution is -0.114. The second-order valence-corrected chi connectivity index (χ2v) is 3.78. The molecule has 0 aliphatic carbocycles. The highest BCUT2D eigenvalue weighted by Crippen LogP contribution is 2.30. The monoisotopic (exact) mass is 201 g/mol. The molecule has 3 aliphatic heterocycles. The number of rotatable bonds is 1. The van der Waals surface area contributed by atoms with E-state index in [0.717, 1.165) is 18.1 Å². The first-order valence-electron chi connectivity index (χ1n) is 4.90. The number of hydrogen-bond donors (Lipinski definition) is 2. The van der Waals surface area contributed by atoms with Crippen LogP contribution in [-0.2, 0) is 4.79 Å². The number of hydrogen-bond acceptors (Lipinski definition) is 3. The van der Waals surface area contributed by atoms with Gasteiger partial charge in [-0.3, -0.25) is 4.79 Å². The first kappa shape index (κ1) is 8.35. The molecule has 4 nitrogen and oxygen atoms in total. The van der Waals surface area contributed by atoms with Gasteiger partial charge in [-0.2, -0.15) is 0 Å². The molecule has 0 aromatic heterocycles. The Balaban J connectivity index is 2.08. The number of carbonyl (C=O) groups excluding carboxylic acids is 1. The van der Waals surface area contributed by atoms with Crippen molar-refractivity contribution >= 4 is 5.91 Å². The van der Waals surface area contributed by atoms with Gasteiger partial charge < -0.3 is 16.0 Å². The van der Waals surface area contributed by atoms with Crippen molar-refractivity contribution in [1.82, 2.24) is 10.2 Å². The van der Waals surface area contributed by atoms with Crippen LogP contribution >= 0.6 is 0 Å². The van der Waals surface area contributed by atoms with Crippen molar-refractivity contribution in [2.24, 2.45) is 5.73 Å². The molecule has 1 amide bonds. The minimum atomic E-state index is -0.362. The van der Waals surface area contributed by atoms with Gasteiger partial charge in [0.05, 0.1) is 6.04 Å². The Hall–Kier alpha value is -1.97. The van der Waals surface area contributed by atoms with Gasteiger partial charge in [0.15, 0.2) is 0 Å². The Bertz CT molecular complexity index is 456. The molecule has 1 atom stereocenters. The molecule has 1 unspecified atom stereocenters. The van der Waals surface area contributed by atoms with Gasteiger partial charge in [0.1, 0.15) is 5.82 Å². The third-order valence-corrected chi connectivity index (χ3v) is 2.84. The quantitative estimate of drug-likeness (QED) is 0.627. The van der Waals surface area contributed by atoms with E-state index in [4.69, 9.17) is 5.73 Å². The third-order valence-electron chi connectivity index (χ3n) is 2.84. The van der Waals surface area contributed by atoms with E-state index < -0.39 is 0 Å². The molecule has 3 N–H and O–H groups in total. The molecule has 4 heteroatoms. The molecule has 0 aromatic rings. The molecule has 0 bridgehead atoms. The maximum absolute atomic E-state index is 11.1. The van der Waals surface area contributed by atoms with Crippen LogP contribution in [0.1, 0.15) is 0 Å². The molecule has 1 saturated heterocycles. The summed E-state index contributed by atoms with van der Waals surface area (Å²) in [6.07, 6.45) is 9.73. The predicted molar refractivity (Wildman–Crippen MR) is 56.2 cm³/mol. The molecule has 0 saturated carbocycles. The Morgan fingerprint density at radius 1 is 1.60 bits per heavy atom. The molecule has 1 fully saturated rings. The highest BCUT2D eigenvalue weighted by Gasteiger charge is 2.32. The van der Waals surface area contributed by atoms with Crippen molar-refractivity contribution in [3.8, 4) is 0 Å². The summed E-state index contributed by atoms with van der Waals surface area (Å²) in [4.78, 5) is 13.3. The maximum atomic E-state index is 11.1. The summed E-state index contributed by atoms with van der Waals surface area (Å²) in [5.41, 5.74) is 6.91. The zero-order chi connectivity index (χ0) is 10.4. The van der Waals surface area contributed by atoms with Gasteiger partial charge in [0.25, 0.3) is 0 Å². The average Bonchev–Trinajstić information content (AvgIpc) is 2.64. The number of amides is 1. The highest BCUT2D eigenvalue weighted by molar-refractivity contribution is 5.95. The van der Waals surface area contributed by atoms with E-state index in [1.807, 2.05) is 30.4 Å². The van der Waals surface area contributed by atoms with Crippen LogP contribution < -0.4 is 11.1 Å². The van der Waals surface area contributed by atoms with E-state index in [1.54, 1.807) is 0 Å². The van der Waals surface area contributed by atoms with E-state index in [2.05, 4.69) is 10.2 Å². The van der Waals surface area contributed by atoms with Crippen molar-refractivity contribution in [2.75, 3.05) is 6.54 Å². The van der Waals surface area contributed by atoms with E-state index >= 15 is 0 Å². The highest BCUT2D eigenvalue weighted by atomic mass is 16.1. The Morgan fingerprint density at radius 2 is 2.47 bits per heavy atom. The lowest BCUT2D eigenvalue weighted by Gasteiger charge is -2.30. The zero-order valence-corrected chi connectivity index (χ0v) is 8.10. The lowest BCUT2D eigenvalue weighted by atomic mass is 10.0. The topological polar surface area (TPSA) is 58.4 Å². The Morgan fingerprint density at radius 3 is 3.27 bits per heavy atom. The lowest BCUT2D eigenvalue weighted by Crippen LogP contribution is -2.32. The average molecular weight is 201 g/mol. The van der Waals surface area contributed by atoms with Crippen molar-refractivity contribution in [3.63, 3.8) is 0 Å². The largest absolute Gasteiger partial charge is 0.369 e. The minimum absolute atomic E-state index is 0.212. The number of allylic oxidation sites excluding steroid dienone is 3. The van der Waals surface area contributed by atoms with Crippen LogP contribution in [-0.4, -0.2) is 23.4 Å². The summed E-state index contributed by atoms with van der Waals surface area (Å²) in [6.45, 7) is 0.821. The molecular weight excluding hydrogens is 190 g/mol. The predicted octanol–water partition coefficient (Wildman–Crippen LogP) is -0.0194. The van der Waals surface area contributed by atoms with Crippen LogP contribution in [0.2, 0.25) is 0 Å². The fourth-order valence-electron chi connectivity index (χ4n) is 2.17. The van der Waals surface area contributed by atoms with Crippen LogP contribution in [0.15, 0.2) is 47.5 Å². The van der Waals surface area contributed by atoms with Gasteiger partial charge in [-0.05, 0) is 24.3 Å². The molecule has 3 rings (SSSR count). The Labute approximate surface area is 87.4 Å². The summed E-state index contributed by atoms with van der Waals surface area (Å²) in [5.74, 6) is 0.729. The standard InChI is InChI=1S/C11H11N3O/c12-11(15)7-4-8-2-1-3-10-13-6-9(5-7)14(8)10/h1-5,9,13H,6H2,(H2,12,15). The molecule has 3 aliphatic rings. The van der Waals surface area contributed by atoms with E-state index in [9.17, 15) is 4.79 Å². The van der Waals surface area contributed by atoms with Crippen LogP contribution in [0.3, 0.4) is 0 Å². The van der Waals surface area contributed by atoms with Crippen molar-refractivity contribution in [3.05, 3.63) is 47.5 Å². The molecule has 3 heterocycles. The maximum Gasteiger partial charge on any atom is 0.248 e. The van der Waals surface area contributed by atoms with Gasteiger partial charge in [0, 0.05) is 17.8 Å². The van der Waals surface area contributed by atoms with Gasteiger partial charge in [-0.15, -0.1) is 0 Å².